The molecule has 0 aliphatic carbocycles. The molecule has 0 atom stereocenters. The van der Waals surface area contributed by atoms with E-state index in [2.05, 4.69) is 24.7 Å². The van der Waals surface area contributed by atoms with E-state index in [1.165, 1.54) is 13.4 Å². The molecule has 0 saturated heterocycles. The third-order valence-electron chi connectivity index (χ3n) is 3.86. The van der Waals surface area contributed by atoms with Crippen molar-refractivity contribution in [2.45, 2.75) is 20.3 Å². The second-order valence-electron chi connectivity index (χ2n) is 5.59. The van der Waals surface area contributed by atoms with Crippen LogP contribution in [0.1, 0.15) is 39.0 Å². The zero-order valence-corrected chi connectivity index (χ0v) is 15.8. The summed E-state index contributed by atoms with van der Waals surface area (Å²) in [6, 6.07) is 7.69. The molecule has 2 aromatic heterocycles. The number of esters is 1. The Morgan fingerprint density at radius 2 is 2.07 bits per heavy atom. The number of hydrogen-bond donors (Lipinski definition) is 2. The minimum atomic E-state index is -0.610. The molecule has 0 aliphatic heterocycles. The molecule has 0 radical (unpaired) electrons. The van der Waals surface area contributed by atoms with E-state index >= 15 is 0 Å². The molecule has 2 N–H and O–H groups in total. The van der Waals surface area contributed by atoms with E-state index in [1.807, 2.05) is 31.2 Å². The number of carbonyl (C=O) groups is 2. The van der Waals surface area contributed by atoms with Crippen molar-refractivity contribution in [1.29, 1.82) is 0 Å². The number of nitrogens with zero attached hydrogens (tertiary/aromatic N) is 2. The fourth-order valence-electron chi connectivity index (χ4n) is 2.48. The highest BCUT2D eigenvalue weighted by Gasteiger charge is 2.21. The molecule has 0 bridgehead atoms. The molecule has 0 saturated carbocycles. The average molecular weight is 386 g/mol. The largest absolute Gasteiger partial charge is 0.464 e. The van der Waals surface area contributed by atoms with Gasteiger partial charge < -0.3 is 14.5 Å². The number of amides is 1. The first-order valence-corrected chi connectivity index (χ1v) is 8.97. The van der Waals surface area contributed by atoms with Crippen molar-refractivity contribution in [2.24, 2.45) is 0 Å². The molecule has 8 nitrogen and oxygen atoms in total. The van der Waals surface area contributed by atoms with Crippen molar-refractivity contribution in [3.63, 3.8) is 0 Å². The molecule has 1 amide bonds. The van der Waals surface area contributed by atoms with Gasteiger partial charge in [0.15, 0.2) is 5.69 Å². The number of anilines is 3. The van der Waals surface area contributed by atoms with E-state index in [-0.39, 0.29) is 17.6 Å². The van der Waals surface area contributed by atoms with Crippen LogP contribution in [0.2, 0.25) is 0 Å². The molecule has 0 fully saturated rings. The number of hydrogen-bond acceptors (Lipinski definition) is 8. The third kappa shape index (κ3) is 3.98. The van der Waals surface area contributed by atoms with Crippen LogP contribution in [-0.2, 0) is 11.2 Å². The zero-order chi connectivity index (χ0) is 19.4. The van der Waals surface area contributed by atoms with Crippen LogP contribution in [0.3, 0.4) is 0 Å². The normalized spacial score (nSPS) is 10.5. The molecule has 3 aromatic rings. The lowest BCUT2D eigenvalue weighted by atomic mass is 10.1. The second-order valence-corrected chi connectivity index (χ2v) is 6.36. The zero-order valence-electron chi connectivity index (χ0n) is 15.0. The summed E-state index contributed by atoms with van der Waals surface area (Å²) in [4.78, 5) is 28.3. The fraction of sp³-hybridized carbons (Fsp3) is 0.222. The van der Waals surface area contributed by atoms with Crippen LogP contribution in [0.15, 0.2) is 34.9 Å². The Balaban J connectivity index is 1.83. The Kier molecular flexibility index (Phi) is 5.51. The van der Waals surface area contributed by atoms with Crippen LogP contribution in [0.25, 0.3) is 0 Å². The van der Waals surface area contributed by atoms with E-state index < -0.39 is 5.97 Å². The summed E-state index contributed by atoms with van der Waals surface area (Å²) in [6.45, 7) is 3.77. The van der Waals surface area contributed by atoms with Crippen LogP contribution >= 0.6 is 11.5 Å². The molecular formula is C18H18N4O4S. The number of methoxy groups -OCH3 is 1. The number of aromatic nitrogens is 2. The highest BCUT2D eigenvalue weighted by atomic mass is 32.1. The number of benzene rings is 1. The summed E-state index contributed by atoms with van der Waals surface area (Å²) in [7, 11) is 1.26. The van der Waals surface area contributed by atoms with Crippen molar-refractivity contribution < 1.29 is 18.7 Å². The van der Waals surface area contributed by atoms with E-state index in [4.69, 9.17) is 4.42 Å². The van der Waals surface area contributed by atoms with Gasteiger partial charge in [0.2, 0.25) is 0 Å². The standard InChI is InChI=1S/C18H18N4O4S/c1-4-11-7-5-6-8-12(11)19-15(23)14-10(2)22-27-16(14)21-18-20-13(9-26-18)17(24)25-3/h5-9H,4H2,1-3H3,(H,19,23)(H,20,21). The van der Waals surface area contributed by atoms with Crippen molar-refractivity contribution in [3.8, 4) is 0 Å². The average Bonchev–Trinajstić information content (AvgIpc) is 3.28. The first-order chi connectivity index (χ1) is 13.0. The number of aryl methyl sites for hydroxylation is 2. The lowest BCUT2D eigenvalue weighted by Crippen LogP contribution is -2.15. The monoisotopic (exact) mass is 386 g/mol. The predicted octanol–water partition coefficient (Wildman–Crippen LogP) is 3.78. The van der Waals surface area contributed by atoms with Crippen LogP contribution in [0.5, 0.6) is 0 Å². The quantitative estimate of drug-likeness (QED) is 0.621. The van der Waals surface area contributed by atoms with Crippen molar-refractivity contribution >= 4 is 40.1 Å². The molecule has 2 heterocycles. The molecule has 0 spiro atoms. The Morgan fingerprint density at radius 1 is 1.30 bits per heavy atom. The predicted molar refractivity (Wildman–Crippen MR) is 102 cm³/mol. The molecular weight excluding hydrogens is 368 g/mol. The first kappa shape index (κ1) is 18.6. The summed E-state index contributed by atoms with van der Waals surface area (Å²) in [5, 5.41) is 6.29. The number of para-hydroxylation sites is 1. The number of carbonyl (C=O) groups excluding carboxylic acids is 2. The minimum absolute atomic E-state index is 0.0316. The van der Waals surface area contributed by atoms with Gasteiger partial charge in [-0.2, -0.15) is 9.36 Å². The maximum absolute atomic E-state index is 12.8. The van der Waals surface area contributed by atoms with Crippen LogP contribution in [0, 0.1) is 6.92 Å². The topological polar surface area (TPSA) is 106 Å². The fourth-order valence-corrected chi connectivity index (χ4v) is 3.27. The molecule has 27 heavy (non-hydrogen) atoms. The van der Waals surface area contributed by atoms with Gasteiger partial charge in [0, 0.05) is 5.69 Å². The van der Waals surface area contributed by atoms with Gasteiger partial charge in [0.05, 0.1) is 18.4 Å². The Bertz CT molecular complexity index is 979. The van der Waals surface area contributed by atoms with Crippen molar-refractivity contribution in [1.82, 2.24) is 9.36 Å². The minimum Gasteiger partial charge on any atom is -0.464 e. The lowest BCUT2D eigenvalue weighted by molar-refractivity contribution is 0.0594. The summed E-state index contributed by atoms with van der Waals surface area (Å²) in [5.74, 6) is -0.897. The highest BCUT2D eigenvalue weighted by Crippen LogP contribution is 2.29. The number of ether oxygens (including phenoxy) is 1. The molecule has 0 aliphatic rings. The summed E-state index contributed by atoms with van der Waals surface area (Å²) in [5.41, 5.74) is 2.80. The molecule has 1 aromatic carbocycles. The lowest BCUT2D eigenvalue weighted by Gasteiger charge is -2.10. The van der Waals surface area contributed by atoms with Crippen molar-refractivity contribution in [3.05, 3.63) is 53.0 Å². The van der Waals surface area contributed by atoms with Crippen LogP contribution < -0.4 is 10.6 Å². The summed E-state index contributed by atoms with van der Waals surface area (Å²) < 4.78 is 14.0. The van der Waals surface area contributed by atoms with E-state index in [1.54, 1.807) is 6.92 Å². The van der Waals surface area contributed by atoms with Gasteiger partial charge in [0.25, 0.3) is 5.91 Å². The van der Waals surface area contributed by atoms with Gasteiger partial charge in [-0.1, -0.05) is 25.1 Å². The van der Waals surface area contributed by atoms with Crippen molar-refractivity contribution in [2.75, 3.05) is 17.7 Å². The second kappa shape index (κ2) is 8.00. The third-order valence-corrected chi connectivity index (χ3v) is 4.71. The van der Waals surface area contributed by atoms with Gasteiger partial charge in [0.1, 0.15) is 11.3 Å². The Hall–Kier alpha value is -3.20. The smallest absolute Gasteiger partial charge is 0.360 e. The van der Waals surface area contributed by atoms with E-state index in [9.17, 15) is 9.59 Å². The Labute approximate surface area is 159 Å². The highest BCUT2D eigenvalue weighted by molar-refractivity contribution is 7.10. The van der Waals surface area contributed by atoms with Gasteiger partial charge in [-0.3, -0.25) is 10.1 Å². The summed E-state index contributed by atoms with van der Waals surface area (Å²) in [6.07, 6.45) is 1.98. The van der Waals surface area contributed by atoms with Crippen LogP contribution in [-0.4, -0.2) is 28.3 Å². The maximum atomic E-state index is 12.8. The maximum Gasteiger partial charge on any atom is 0.360 e. The number of oxazole rings is 1. The first-order valence-electron chi connectivity index (χ1n) is 8.19. The molecule has 9 heteroatoms. The molecule has 0 unspecified atom stereocenters. The number of rotatable bonds is 6. The number of nitrogens with one attached hydrogen (secondary N) is 2. The van der Waals surface area contributed by atoms with Gasteiger partial charge in [-0.15, -0.1) is 0 Å². The van der Waals surface area contributed by atoms with Gasteiger partial charge in [-0.25, -0.2) is 4.79 Å². The molecule has 3 rings (SSSR count). The van der Waals surface area contributed by atoms with E-state index in [0.717, 1.165) is 29.2 Å². The van der Waals surface area contributed by atoms with Crippen LogP contribution in [0.4, 0.5) is 16.7 Å². The van der Waals surface area contributed by atoms with Gasteiger partial charge >= 0.3 is 12.0 Å². The van der Waals surface area contributed by atoms with Gasteiger partial charge in [-0.05, 0) is 36.5 Å². The molecule has 140 valence electrons. The summed E-state index contributed by atoms with van der Waals surface area (Å²) >= 11 is 1.11. The van der Waals surface area contributed by atoms with E-state index in [0.29, 0.717) is 16.3 Å². The Morgan fingerprint density at radius 3 is 2.81 bits per heavy atom. The SMILES string of the molecule is CCc1ccccc1NC(=O)c1c(C)nsc1Nc1nc(C(=O)OC)co1.